The van der Waals surface area contributed by atoms with Gasteiger partial charge in [-0.05, 0) is 18.6 Å². The molecule has 0 aromatic heterocycles. The van der Waals surface area contributed by atoms with E-state index < -0.39 is 10.9 Å². The molecule has 0 aliphatic carbocycles. The maximum Gasteiger partial charge on any atom is 0.340 e. The number of esters is 1. The van der Waals surface area contributed by atoms with Crippen LogP contribution >= 0.6 is 0 Å². The summed E-state index contributed by atoms with van der Waals surface area (Å²) in [5.41, 5.74) is 2.70. The molecular formula is C21H23N3O5. The Hall–Kier alpha value is -3.42. The van der Waals surface area contributed by atoms with Crippen molar-refractivity contribution >= 4 is 23.3 Å². The number of anilines is 1. The van der Waals surface area contributed by atoms with Gasteiger partial charge in [0, 0.05) is 38.3 Å². The third-order valence-corrected chi connectivity index (χ3v) is 5.05. The second kappa shape index (κ2) is 8.72. The monoisotopic (exact) mass is 397 g/mol. The Morgan fingerprint density at radius 2 is 1.72 bits per heavy atom. The molecule has 0 spiro atoms. The van der Waals surface area contributed by atoms with Gasteiger partial charge in [0.25, 0.3) is 5.69 Å². The third-order valence-electron chi connectivity index (χ3n) is 5.05. The summed E-state index contributed by atoms with van der Waals surface area (Å²) in [7, 11) is 1.24. The number of hydrogen-bond donors (Lipinski definition) is 0. The number of carbonyl (C=O) groups excluding carboxylic acids is 2. The van der Waals surface area contributed by atoms with Crippen LogP contribution in [0.3, 0.4) is 0 Å². The Labute approximate surface area is 168 Å². The first-order valence-corrected chi connectivity index (χ1v) is 9.34. The van der Waals surface area contributed by atoms with Crippen LogP contribution in [0.25, 0.3) is 0 Å². The van der Waals surface area contributed by atoms with Gasteiger partial charge in [-0.25, -0.2) is 4.79 Å². The molecule has 0 atom stereocenters. The fourth-order valence-corrected chi connectivity index (χ4v) is 3.38. The number of non-ortho nitro benzene ring substituents is 1. The standard InChI is InChI=1S/C21H23N3O5/c1-15-3-5-16(6-4-15)13-20(25)23-11-9-22(10-12-23)19-8-7-17(24(27)28)14-18(19)21(26)29-2/h3-8,14H,9-13H2,1-2H3. The highest BCUT2D eigenvalue weighted by Crippen LogP contribution is 2.27. The Morgan fingerprint density at radius 1 is 1.07 bits per heavy atom. The molecule has 0 N–H and O–H groups in total. The quantitative estimate of drug-likeness (QED) is 0.437. The highest BCUT2D eigenvalue weighted by atomic mass is 16.6. The number of nitro benzene ring substituents is 1. The van der Waals surface area contributed by atoms with Crippen molar-refractivity contribution in [1.29, 1.82) is 0 Å². The molecule has 29 heavy (non-hydrogen) atoms. The minimum absolute atomic E-state index is 0.0605. The predicted octanol–water partition coefficient (Wildman–Crippen LogP) is 2.58. The summed E-state index contributed by atoms with van der Waals surface area (Å²) in [6.07, 6.45) is 0.352. The largest absolute Gasteiger partial charge is 0.465 e. The van der Waals surface area contributed by atoms with E-state index in [1.54, 1.807) is 11.0 Å². The first kappa shape index (κ1) is 20.3. The van der Waals surface area contributed by atoms with Crippen molar-refractivity contribution < 1.29 is 19.2 Å². The van der Waals surface area contributed by atoms with Gasteiger partial charge >= 0.3 is 5.97 Å². The Morgan fingerprint density at radius 3 is 2.31 bits per heavy atom. The summed E-state index contributed by atoms with van der Waals surface area (Å²) >= 11 is 0. The third kappa shape index (κ3) is 4.71. The number of nitrogens with zero attached hydrogens (tertiary/aromatic N) is 3. The molecule has 3 rings (SSSR count). The zero-order valence-corrected chi connectivity index (χ0v) is 16.5. The van der Waals surface area contributed by atoms with Gasteiger partial charge in [-0.15, -0.1) is 0 Å². The summed E-state index contributed by atoms with van der Waals surface area (Å²) in [5.74, 6) is -0.563. The molecule has 8 nitrogen and oxygen atoms in total. The lowest BCUT2D eigenvalue weighted by Gasteiger charge is -2.36. The van der Waals surface area contributed by atoms with Crippen LogP contribution in [0.15, 0.2) is 42.5 Å². The molecule has 1 fully saturated rings. The number of aryl methyl sites for hydroxylation is 1. The van der Waals surface area contributed by atoms with Crippen LogP contribution in [0, 0.1) is 17.0 Å². The van der Waals surface area contributed by atoms with Gasteiger partial charge in [-0.2, -0.15) is 0 Å². The van der Waals surface area contributed by atoms with Crippen molar-refractivity contribution in [3.63, 3.8) is 0 Å². The van der Waals surface area contributed by atoms with Crippen LogP contribution in [-0.4, -0.2) is 55.0 Å². The zero-order chi connectivity index (χ0) is 21.0. The number of rotatable bonds is 5. The molecule has 0 radical (unpaired) electrons. The average molecular weight is 397 g/mol. The molecule has 0 bridgehead atoms. The van der Waals surface area contributed by atoms with Crippen LogP contribution in [0.1, 0.15) is 21.5 Å². The van der Waals surface area contributed by atoms with E-state index in [2.05, 4.69) is 0 Å². The van der Waals surface area contributed by atoms with Gasteiger partial charge < -0.3 is 14.5 Å². The maximum atomic E-state index is 12.6. The van der Waals surface area contributed by atoms with E-state index in [1.165, 1.54) is 19.2 Å². The fraction of sp³-hybridized carbons (Fsp3) is 0.333. The van der Waals surface area contributed by atoms with Crippen LogP contribution in [0.2, 0.25) is 0 Å². The molecule has 1 aliphatic rings. The zero-order valence-electron chi connectivity index (χ0n) is 16.5. The van der Waals surface area contributed by atoms with Crippen molar-refractivity contribution in [2.75, 3.05) is 38.2 Å². The number of carbonyl (C=O) groups is 2. The number of amides is 1. The van der Waals surface area contributed by atoms with Crippen LogP contribution in [0.5, 0.6) is 0 Å². The number of ether oxygens (including phenoxy) is 1. The fourth-order valence-electron chi connectivity index (χ4n) is 3.38. The van der Waals surface area contributed by atoms with Crippen LogP contribution < -0.4 is 4.90 Å². The van der Waals surface area contributed by atoms with E-state index in [0.717, 1.165) is 11.1 Å². The van der Waals surface area contributed by atoms with E-state index in [1.807, 2.05) is 36.1 Å². The SMILES string of the molecule is COC(=O)c1cc([N+](=O)[O-])ccc1N1CCN(C(=O)Cc2ccc(C)cc2)CC1. The summed E-state index contributed by atoms with van der Waals surface area (Å²) in [6, 6.07) is 12.1. The lowest BCUT2D eigenvalue weighted by atomic mass is 10.1. The van der Waals surface area contributed by atoms with Crippen molar-refractivity contribution in [1.82, 2.24) is 4.90 Å². The molecule has 8 heteroatoms. The second-order valence-electron chi connectivity index (χ2n) is 6.98. The highest BCUT2D eigenvalue weighted by Gasteiger charge is 2.26. The number of nitro groups is 1. The molecule has 0 unspecified atom stereocenters. The van der Waals surface area contributed by atoms with Gasteiger partial charge in [0.2, 0.25) is 5.91 Å². The van der Waals surface area contributed by atoms with Crippen LogP contribution in [-0.2, 0) is 16.0 Å². The van der Waals surface area contributed by atoms with Crippen molar-refractivity contribution in [3.05, 3.63) is 69.3 Å². The first-order valence-electron chi connectivity index (χ1n) is 9.34. The molecule has 2 aromatic carbocycles. The van der Waals surface area contributed by atoms with E-state index in [4.69, 9.17) is 4.74 Å². The second-order valence-corrected chi connectivity index (χ2v) is 6.98. The molecule has 152 valence electrons. The van der Waals surface area contributed by atoms with Gasteiger partial charge in [-0.1, -0.05) is 29.8 Å². The van der Waals surface area contributed by atoms with Crippen molar-refractivity contribution in [3.8, 4) is 0 Å². The molecule has 1 aliphatic heterocycles. The number of piperazine rings is 1. The van der Waals surface area contributed by atoms with Crippen molar-refractivity contribution in [2.45, 2.75) is 13.3 Å². The van der Waals surface area contributed by atoms with Gasteiger partial charge in [0.1, 0.15) is 0 Å². The Kier molecular flexibility index (Phi) is 6.11. The summed E-state index contributed by atoms with van der Waals surface area (Å²) in [6.45, 7) is 4.10. The number of methoxy groups -OCH3 is 1. The van der Waals surface area contributed by atoms with Crippen LogP contribution in [0.4, 0.5) is 11.4 Å². The molecule has 0 saturated carbocycles. The lowest BCUT2D eigenvalue weighted by molar-refractivity contribution is -0.384. The molecule has 1 heterocycles. The molecule has 1 saturated heterocycles. The lowest BCUT2D eigenvalue weighted by Crippen LogP contribution is -2.49. The molecular weight excluding hydrogens is 374 g/mol. The Bertz CT molecular complexity index is 918. The normalized spacial score (nSPS) is 13.9. The first-order chi connectivity index (χ1) is 13.9. The van der Waals surface area contributed by atoms with E-state index in [-0.39, 0.29) is 17.2 Å². The molecule has 1 amide bonds. The van der Waals surface area contributed by atoms with E-state index in [0.29, 0.717) is 38.3 Å². The minimum Gasteiger partial charge on any atom is -0.465 e. The number of hydrogen-bond acceptors (Lipinski definition) is 6. The summed E-state index contributed by atoms with van der Waals surface area (Å²) in [4.78, 5) is 39.0. The average Bonchev–Trinajstić information content (AvgIpc) is 2.74. The van der Waals surface area contributed by atoms with E-state index in [9.17, 15) is 19.7 Å². The number of benzene rings is 2. The van der Waals surface area contributed by atoms with Gasteiger partial charge in [0.15, 0.2) is 0 Å². The minimum atomic E-state index is -0.624. The predicted molar refractivity (Wildman–Crippen MR) is 108 cm³/mol. The van der Waals surface area contributed by atoms with E-state index >= 15 is 0 Å². The van der Waals surface area contributed by atoms with Gasteiger partial charge in [-0.3, -0.25) is 14.9 Å². The topological polar surface area (TPSA) is 93.0 Å². The summed E-state index contributed by atoms with van der Waals surface area (Å²) < 4.78 is 4.78. The molecule has 2 aromatic rings. The highest BCUT2D eigenvalue weighted by molar-refractivity contribution is 5.96. The Balaban J connectivity index is 1.68. The maximum absolute atomic E-state index is 12.6. The van der Waals surface area contributed by atoms with Crippen molar-refractivity contribution in [2.24, 2.45) is 0 Å². The van der Waals surface area contributed by atoms with Gasteiger partial charge in [0.05, 0.1) is 29.7 Å². The smallest absolute Gasteiger partial charge is 0.340 e. The summed E-state index contributed by atoms with van der Waals surface area (Å²) in [5, 5.41) is 11.0.